The molecular formula is C14H19Cl2NO. The van der Waals surface area contributed by atoms with Crippen LogP contribution >= 0.6 is 23.2 Å². The molecule has 2 nitrogen and oxygen atoms in total. The van der Waals surface area contributed by atoms with Gasteiger partial charge in [0.25, 0.3) is 0 Å². The average molecular weight is 288 g/mol. The van der Waals surface area contributed by atoms with E-state index in [-0.39, 0.29) is 0 Å². The molecule has 100 valence electrons. The Morgan fingerprint density at radius 2 is 2.06 bits per heavy atom. The van der Waals surface area contributed by atoms with E-state index in [1.165, 1.54) is 12.8 Å². The first-order valence-electron chi connectivity index (χ1n) is 6.42. The van der Waals surface area contributed by atoms with Crippen LogP contribution in [0.5, 0.6) is 5.75 Å². The number of halogens is 2. The van der Waals surface area contributed by atoms with Crippen molar-refractivity contribution in [3.63, 3.8) is 0 Å². The third kappa shape index (κ3) is 3.31. The minimum Gasteiger partial charge on any atom is -0.495 e. The summed E-state index contributed by atoms with van der Waals surface area (Å²) in [6.07, 6.45) is 3.81. The van der Waals surface area contributed by atoms with Crippen LogP contribution < -0.4 is 10.1 Å². The second-order valence-corrected chi connectivity index (χ2v) is 5.61. The number of hydrogen-bond donors (Lipinski definition) is 1. The first-order chi connectivity index (χ1) is 8.65. The molecule has 18 heavy (non-hydrogen) atoms. The van der Waals surface area contributed by atoms with Crippen molar-refractivity contribution in [1.82, 2.24) is 5.32 Å². The SMILES string of the molecule is CCNC(CC1CC1)c1cc(Cl)c(OC)cc1Cl. The van der Waals surface area contributed by atoms with Crippen molar-refractivity contribution in [1.29, 1.82) is 0 Å². The van der Waals surface area contributed by atoms with E-state index in [1.807, 2.05) is 6.07 Å². The first kappa shape index (κ1) is 14.0. The molecule has 0 amide bonds. The summed E-state index contributed by atoms with van der Waals surface area (Å²) in [5.41, 5.74) is 1.08. The summed E-state index contributed by atoms with van der Waals surface area (Å²) in [5.74, 6) is 1.47. The zero-order valence-electron chi connectivity index (χ0n) is 10.8. The normalized spacial score (nSPS) is 16.7. The smallest absolute Gasteiger partial charge is 0.138 e. The molecule has 0 saturated heterocycles. The van der Waals surface area contributed by atoms with E-state index >= 15 is 0 Å². The predicted octanol–water partition coefficient (Wildman–Crippen LogP) is 4.45. The number of hydrogen-bond acceptors (Lipinski definition) is 2. The first-order valence-corrected chi connectivity index (χ1v) is 7.17. The van der Waals surface area contributed by atoms with Gasteiger partial charge in [0.1, 0.15) is 5.75 Å². The molecule has 1 unspecified atom stereocenters. The standard InChI is InChI=1S/C14H19Cl2NO/c1-3-17-13(6-9-4-5-9)10-7-12(16)14(18-2)8-11(10)15/h7-9,13,17H,3-6H2,1-2H3. The minimum atomic E-state index is 0.290. The Hall–Kier alpha value is -0.440. The Labute approximate surface area is 119 Å². The molecule has 1 N–H and O–H groups in total. The van der Waals surface area contributed by atoms with Gasteiger partial charge in [0, 0.05) is 17.1 Å². The van der Waals surface area contributed by atoms with Crippen LogP contribution in [0.2, 0.25) is 10.0 Å². The Morgan fingerprint density at radius 1 is 1.33 bits per heavy atom. The van der Waals surface area contributed by atoms with E-state index in [0.29, 0.717) is 16.8 Å². The molecule has 0 aromatic heterocycles. The summed E-state index contributed by atoms with van der Waals surface area (Å²) >= 11 is 12.5. The fourth-order valence-corrected chi connectivity index (χ4v) is 2.76. The zero-order valence-corrected chi connectivity index (χ0v) is 12.3. The topological polar surface area (TPSA) is 21.3 Å². The van der Waals surface area contributed by atoms with Gasteiger partial charge in [-0.15, -0.1) is 0 Å². The molecule has 0 aliphatic heterocycles. The molecule has 4 heteroatoms. The van der Waals surface area contributed by atoms with Crippen molar-refractivity contribution in [2.45, 2.75) is 32.2 Å². The van der Waals surface area contributed by atoms with Crippen LogP contribution in [0.15, 0.2) is 12.1 Å². The maximum absolute atomic E-state index is 6.34. The second kappa shape index (κ2) is 6.14. The van der Waals surface area contributed by atoms with Crippen molar-refractivity contribution in [2.24, 2.45) is 5.92 Å². The highest BCUT2D eigenvalue weighted by Gasteiger charge is 2.27. The lowest BCUT2D eigenvalue weighted by Gasteiger charge is -2.20. The molecule has 1 atom stereocenters. The van der Waals surface area contributed by atoms with E-state index in [4.69, 9.17) is 27.9 Å². The Bertz CT molecular complexity index is 419. The van der Waals surface area contributed by atoms with Crippen molar-refractivity contribution in [3.8, 4) is 5.75 Å². The van der Waals surface area contributed by atoms with Gasteiger partial charge in [0.15, 0.2) is 0 Å². The number of methoxy groups -OCH3 is 1. The van der Waals surface area contributed by atoms with E-state index in [1.54, 1.807) is 13.2 Å². The third-order valence-electron chi connectivity index (χ3n) is 3.36. The number of rotatable bonds is 6. The highest BCUT2D eigenvalue weighted by Crippen LogP contribution is 2.41. The fourth-order valence-electron chi connectivity index (χ4n) is 2.22. The lowest BCUT2D eigenvalue weighted by atomic mass is 10.0. The quantitative estimate of drug-likeness (QED) is 0.834. The number of ether oxygens (including phenoxy) is 1. The molecule has 1 aromatic carbocycles. The Morgan fingerprint density at radius 3 is 2.61 bits per heavy atom. The van der Waals surface area contributed by atoms with E-state index in [9.17, 15) is 0 Å². The van der Waals surface area contributed by atoms with Crippen LogP contribution in [0, 0.1) is 5.92 Å². The molecule has 1 saturated carbocycles. The molecule has 0 bridgehead atoms. The highest BCUT2D eigenvalue weighted by molar-refractivity contribution is 6.34. The molecule has 1 aliphatic carbocycles. The van der Waals surface area contributed by atoms with Crippen molar-refractivity contribution in [2.75, 3.05) is 13.7 Å². The van der Waals surface area contributed by atoms with E-state index in [0.717, 1.165) is 29.5 Å². The summed E-state index contributed by atoms with van der Waals surface area (Å²) in [6.45, 7) is 3.04. The summed E-state index contributed by atoms with van der Waals surface area (Å²) in [6, 6.07) is 4.02. The minimum absolute atomic E-state index is 0.290. The Balaban J connectivity index is 2.24. The molecule has 1 fully saturated rings. The molecule has 0 radical (unpaired) electrons. The molecular weight excluding hydrogens is 269 g/mol. The number of nitrogens with one attached hydrogen (secondary N) is 1. The van der Waals surface area contributed by atoms with Gasteiger partial charge in [-0.2, -0.15) is 0 Å². The highest BCUT2D eigenvalue weighted by atomic mass is 35.5. The number of benzene rings is 1. The van der Waals surface area contributed by atoms with Gasteiger partial charge in [-0.3, -0.25) is 0 Å². The zero-order chi connectivity index (χ0) is 13.1. The lowest BCUT2D eigenvalue weighted by Crippen LogP contribution is -2.21. The monoisotopic (exact) mass is 287 g/mol. The van der Waals surface area contributed by atoms with Gasteiger partial charge in [-0.1, -0.05) is 43.0 Å². The van der Waals surface area contributed by atoms with Gasteiger partial charge >= 0.3 is 0 Å². The van der Waals surface area contributed by atoms with Gasteiger partial charge in [-0.05, 0) is 30.5 Å². The van der Waals surface area contributed by atoms with Crippen LogP contribution in [-0.4, -0.2) is 13.7 Å². The van der Waals surface area contributed by atoms with Crippen LogP contribution in [-0.2, 0) is 0 Å². The maximum Gasteiger partial charge on any atom is 0.138 e. The summed E-state index contributed by atoms with van der Waals surface area (Å²) in [5, 5.41) is 4.84. The summed E-state index contributed by atoms with van der Waals surface area (Å²) in [7, 11) is 1.60. The molecule has 2 rings (SSSR count). The molecule has 1 aliphatic rings. The van der Waals surface area contributed by atoms with E-state index in [2.05, 4.69) is 12.2 Å². The van der Waals surface area contributed by atoms with Crippen LogP contribution in [0.1, 0.15) is 37.8 Å². The van der Waals surface area contributed by atoms with Crippen molar-refractivity contribution < 1.29 is 4.74 Å². The van der Waals surface area contributed by atoms with Gasteiger partial charge in [0.2, 0.25) is 0 Å². The molecule has 0 spiro atoms. The summed E-state index contributed by atoms with van der Waals surface area (Å²) < 4.78 is 5.18. The van der Waals surface area contributed by atoms with Crippen LogP contribution in [0.25, 0.3) is 0 Å². The van der Waals surface area contributed by atoms with Gasteiger partial charge in [0.05, 0.1) is 12.1 Å². The second-order valence-electron chi connectivity index (χ2n) is 4.80. The third-order valence-corrected chi connectivity index (χ3v) is 3.99. The molecule has 0 heterocycles. The van der Waals surface area contributed by atoms with Crippen molar-refractivity contribution in [3.05, 3.63) is 27.7 Å². The van der Waals surface area contributed by atoms with Crippen LogP contribution in [0.3, 0.4) is 0 Å². The van der Waals surface area contributed by atoms with Crippen LogP contribution in [0.4, 0.5) is 0 Å². The Kier molecular flexibility index (Phi) is 4.77. The average Bonchev–Trinajstić information content (AvgIpc) is 3.15. The van der Waals surface area contributed by atoms with Crippen molar-refractivity contribution >= 4 is 23.2 Å². The van der Waals surface area contributed by atoms with Gasteiger partial charge < -0.3 is 10.1 Å². The lowest BCUT2D eigenvalue weighted by molar-refractivity contribution is 0.414. The fraction of sp³-hybridized carbons (Fsp3) is 0.571. The summed E-state index contributed by atoms with van der Waals surface area (Å²) in [4.78, 5) is 0. The molecule has 1 aromatic rings. The van der Waals surface area contributed by atoms with E-state index < -0.39 is 0 Å². The maximum atomic E-state index is 6.34. The predicted molar refractivity (Wildman–Crippen MR) is 76.8 cm³/mol. The van der Waals surface area contributed by atoms with Gasteiger partial charge in [-0.25, -0.2) is 0 Å². The largest absolute Gasteiger partial charge is 0.495 e.